The summed E-state index contributed by atoms with van der Waals surface area (Å²) in [7, 11) is 0. The van der Waals surface area contributed by atoms with Gasteiger partial charge in [-0.1, -0.05) is 51.1 Å². The summed E-state index contributed by atoms with van der Waals surface area (Å²) in [5, 5.41) is 3.08. The monoisotopic (exact) mass is 419 g/mol. The molecule has 5 heteroatoms. The highest BCUT2D eigenvalue weighted by atomic mass is 16.5. The second-order valence-corrected chi connectivity index (χ2v) is 10.5. The Bertz CT molecular complexity index is 1180. The number of amides is 1. The summed E-state index contributed by atoms with van der Waals surface area (Å²) in [6, 6.07) is 12.2. The quantitative estimate of drug-likeness (QED) is 0.552. The molecule has 1 amide bonds. The van der Waals surface area contributed by atoms with E-state index in [-0.39, 0.29) is 35.8 Å². The second kappa shape index (κ2) is 7.11. The summed E-state index contributed by atoms with van der Waals surface area (Å²) in [5.74, 6) is -0.486. The van der Waals surface area contributed by atoms with E-state index >= 15 is 0 Å². The van der Waals surface area contributed by atoms with Crippen molar-refractivity contribution in [2.75, 3.05) is 13.2 Å². The van der Waals surface area contributed by atoms with Gasteiger partial charge in [-0.2, -0.15) is 0 Å². The molecule has 1 aromatic heterocycles. The van der Waals surface area contributed by atoms with Crippen LogP contribution in [0.3, 0.4) is 0 Å². The third-order valence-electron chi connectivity index (χ3n) is 6.97. The van der Waals surface area contributed by atoms with E-state index in [9.17, 15) is 9.59 Å². The van der Waals surface area contributed by atoms with Crippen molar-refractivity contribution in [3.63, 3.8) is 0 Å². The van der Waals surface area contributed by atoms with Crippen LogP contribution in [-0.4, -0.2) is 36.0 Å². The van der Waals surface area contributed by atoms with Gasteiger partial charge in [0.2, 0.25) is 0 Å². The van der Waals surface area contributed by atoms with Gasteiger partial charge in [-0.15, -0.1) is 0 Å². The van der Waals surface area contributed by atoms with Crippen LogP contribution < -0.4 is 0 Å². The number of ether oxygens (including phenoxy) is 1. The first kappa shape index (κ1) is 20.1. The number of esters is 1. The summed E-state index contributed by atoms with van der Waals surface area (Å²) >= 11 is 0. The molecule has 1 aliphatic heterocycles. The van der Waals surface area contributed by atoms with Crippen LogP contribution in [-0.2, 0) is 20.7 Å². The maximum Gasteiger partial charge on any atom is 0.310 e. The van der Waals surface area contributed by atoms with Crippen molar-refractivity contribution in [2.24, 2.45) is 10.8 Å². The van der Waals surface area contributed by atoms with Crippen molar-refractivity contribution in [1.82, 2.24) is 4.90 Å². The third kappa shape index (κ3) is 3.71. The second-order valence-electron chi connectivity index (χ2n) is 10.5. The van der Waals surface area contributed by atoms with Crippen molar-refractivity contribution >= 4 is 33.6 Å². The number of carbonyl (C=O) groups excluding carboxylic acids is 2. The molecule has 2 aliphatic rings. The molecule has 3 aromatic rings. The SMILES string of the molecule is CC1(C)C[C@@H]2C[C@@](C)(CN2C(=O)COC(=O)Cc2coc3ccc4ccccc4c23)C1. The van der Waals surface area contributed by atoms with Gasteiger partial charge in [0.05, 0.1) is 12.7 Å². The minimum Gasteiger partial charge on any atom is -0.464 e. The molecule has 5 nitrogen and oxygen atoms in total. The number of fused-ring (bicyclic) bond motifs is 5. The maximum atomic E-state index is 12.9. The average molecular weight is 420 g/mol. The van der Waals surface area contributed by atoms with Crippen molar-refractivity contribution in [3.8, 4) is 0 Å². The van der Waals surface area contributed by atoms with E-state index in [4.69, 9.17) is 9.15 Å². The van der Waals surface area contributed by atoms with Gasteiger partial charge in [0.15, 0.2) is 6.61 Å². The highest BCUT2D eigenvalue weighted by molar-refractivity contribution is 6.08. The van der Waals surface area contributed by atoms with Gasteiger partial charge >= 0.3 is 5.97 Å². The molecule has 0 N–H and O–H groups in total. The molecule has 31 heavy (non-hydrogen) atoms. The predicted molar refractivity (Wildman–Crippen MR) is 120 cm³/mol. The Morgan fingerprint density at radius 2 is 1.94 bits per heavy atom. The standard InChI is InChI=1S/C26H29NO4/c1-25(2)11-19-12-26(3,15-25)16-27(19)22(28)14-31-23(29)10-18-13-30-21-9-8-17-6-4-5-7-20(17)24(18)21/h4-9,13,19H,10-12,14-16H2,1-3H3/t19-,26-/m1/s1. The van der Waals surface area contributed by atoms with Crippen LogP contribution in [0.15, 0.2) is 47.1 Å². The van der Waals surface area contributed by atoms with Gasteiger partial charge in [0, 0.05) is 23.5 Å². The van der Waals surface area contributed by atoms with Gasteiger partial charge in [-0.3, -0.25) is 9.59 Å². The van der Waals surface area contributed by atoms with E-state index in [1.165, 1.54) is 0 Å². The lowest BCUT2D eigenvalue weighted by Gasteiger charge is -2.39. The fourth-order valence-electron chi connectivity index (χ4n) is 6.19. The summed E-state index contributed by atoms with van der Waals surface area (Å²) in [5.41, 5.74) is 1.95. The summed E-state index contributed by atoms with van der Waals surface area (Å²) < 4.78 is 11.1. The van der Waals surface area contributed by atoms with E-state index in [2.05, 4.69) is 20.8 Å². The van der Waals surface area contributed by atoms with Crippen LogP contribution in [0.2, 0.25) is 0 Å². The number of furan rings is 1. The van der Waals surface area contributed by atoms with Crippen LogP contribution in [0, 0.1) is 10.8 Å². The summed E-state index contributed by atoms with van der Waals surface area (Å²) in [6.45, 7) is 7.40. The van der Waals surface area contributed by atoms with Crippen LogP contribution in [0.5, 0.6) is 0 Å². The summed E-state index contributed by atoms with van der Waals surface area (Å²) in [6.07, 6.45) is 4.89. The topological polar surface area (TPSA) is 59.8 Å². The number of nitrogens with zero attached hydrogens (tertiary/aromatic N) is 1. The molecular formula is C26H29NO4. The molecule has 2 atom stereocenters. The molecule has 5 rings (SSSR count). The largest absolute Gasteiger partial charge is 0.464 e. The molecule has 0 unspecified atom stereocenters. The zero-order valence-electron chi connectivity index (χ0n) is 18.4. The van der Waals surface area contributed by atoms with E-state index in [1.807, 2.05) is 41.3 Å². The molecule has 1 saturated heterocycles. The molecule has 2 aromatic carbocycles. The molecule has 162 valence electrons. The Morgan fingerprint density at radius 3 is 2.77 bits per heavy atom. The predicted octanol–water partition coefficient (Wildman–Crippen LogP) is 5.10. The maximum absolute atomic E-state index is 12.9. The lowest BCUT2D eigenvalue weighted by atomic mass is 9.65. The molecule has 2 bridgehead atoms. The Labute approximate surface area is 182 Å². The van der Waals surface area contributed by atoms with Crippen molar-refractivity contribution in [1.29, 1.82) is 0 Å². The Kier molecular flexibility index (Phi) is 4.61. The van der Waals surface area contributed by atoms with Crippen LogP contribution in [0.25, 0.3) is 21.7 Å². The fraction of sp³-hybridized carbons (Fsp3) is 0.462. The van der Waals surface area contributed by atoms with Gasteiger partial charge in [-0.05, 0) is 46.9 Å². The zero-order chi connectivity index (χ0) is 21.8. The lowest BCUT2D eigenvalue weighted by molar-refractivity contribution is -0.152. The van der Waals surface area contributed by atoms with Crippen LogP contribution >= 0.6 is 0 Å². The number of rotatable bonds is 4. The minimum absolute atomic E-state index is 0.0812. The summed E-state index contributed by atoms with van der Waals surface area (Å²) in [4.78, 5) is 27.4. The normalized spacial score (nSPS) is 24.6. The van der Waals surface area contributed by atoms with Crippen molar-refractivity contribution in [2.45, 2.75) is 52.5 Å². The highest BCUT2D eigenvalue weighted by Crippen LogP contribution is 2.52. The number of hydrogen-bond donors (Lipinski definition) is 0. The number of likely N-dealkylation sites (tertiary alicyclic amines) is 1. The van der Waals surface area contributed by atoms with E-state index in [1.54, 1.807) is 6.26 Å². The minimum atomic E-state index is -0.405. The van der Waals surface area contributed by atoms with Gasteiger partial charge in [0.25, 0.3) is 5.91 Å². The van der Waals surface area contributed by atoms with Gasteiger partial charge in [-0.25, -0.2) is 0 Å². The van der Waals surface area contributed by atoms with Crippen LogP contribution in [0.4, 0.5) is 0 Å². The van der Waals surface area contributed by atoms with E-state index in [0.29, 0.717) is 0 Å². The molecule has 1 aliphatic carbocycles. The first-order valence-corrected chi connectivity index (χ1v) is 11.1. The smallest absolute Gasteiger partial charge is 0.310 e. The Morgan fingerprint density at radius 1 is 1.13 bits per heavy atom. The molecule has 1 saturated carbocycles. The van der Waals surface area contributed by atoms with Gasteiger partial charge < -0.3 is 14.1 Å². The van der Waals surface area contributed by atoms with Gasteiger partial charge in [0.1, 0.15) is 5.58 Å². The van der Waals surface area contributed by atoms with Crippen LogP contribution in [0.1, 0.15) is 45.6 Å². The third-order valence-corrected chi connectivity index (χ3v) is 6.97. The Hall–Kier alpha value is -2.82. The lowest BCUT2D eigenvalue weighted by Crippen LogP contribution is -2.39. The average Bonchev–Trinajstić information content (AvgIpc) is 3.23. The first-order valence-electron chi connectivity index (χ1n) is 11.1. The molecule has 0 radical (unpaired) electrons. The van der Waals surface area contributed by atoms with E-state index in [0.717, 1.165) is 53.1 Å². The molecule has 2 fully saturated rings. The molecule has 2 heterocycles. The Balaban J connectivity index is 1.26. The van der Waals surface area contributed by atoms with Crippen molar-refractivity contribution < 1.29 is 18.7 Å². The highest BCUT2D eigenvalue weighted by Gasteiger charge is 2.50. The number of carbonyl (C=O) groups is 2. The van der Waals surface area contributed by atoms with E-state index < -0.39 is 5.97 Å². The molecule has 0 spiro atoms. The molecular weight excluding hydrogens is 390 g/mol. The fourth-order valence-corrected chi connectivity index (χ4v) is 6.19. The van der Waals surface area contributed by atoms with Crippen molar-refractivity contribution in [3.05, 3.63) is 48.2 Å². The zero-order valence-corrected chi connectivity index (χ0v) is 18.4. The first-order chi connectivity index (χ1) is 14.7. The number of benzene rings is 2. The number of hydrogen-bond acceptors (Lipinski definition) is 4.